The predicted octanol–water partition coefficient (Wildman–Crippen LogP) is 0.852. The van der Waals surface area contributed by atoms with E-state index in [1.54, 1.807) is 0 Å². The molecule has 0 aromatic carbocycles. The summed E-state index contributed by atoms with van der Waals surface area (Å²) in [7, 11) is 0. The van der Waals surface area contributed by atoms with Gasteiger partial charge in [0, 0.05) is 19.0 Å². The summed E-state index contributed by atoms with van der Waals surface area (Å²) in [6.07, 6.45) is -2.10. The molecule has 0 radical (unpaired) electrons. The molecule has 0 aromatic rings. The van der Waals surface area contributed by atoms with Crippen LogP contribution in [-0.4, -0.2) is 53.8 Å². The van der Waals surface area contributed by atoms with Gasteiger partial charge in [-0.25, -0.2) is 13.8 Å². The third-order valence-electron chi connectivity index (χ3n) is 3.89. The number of likely N-dealkylation sites (tertiary alicyclic amines) is 1. The average Bonchev–Trinajstić information content (AvgIpc) is 2.55. The lowest BCUT2D eigenvalue weighted by atomic mass is 9.82. The fraction of sp³-hybridized carbons (Fsp3) is 0.909. The van der Waals surface area contributed by atoms with Crippen LogP contribution in [0, 0.1) is 5.92 Å². The van der Waals surface area contributed by atoms with Crippen molar-refractivity contribution in [2.75, 3.05) is 13.1 Å². The highest BCUT2D eigenvalue weighted by Crippen LogP contribution is 2.36. The number of aliphatic imine (C=N–C) groups is 1. The molecule has 3 aliphatic rings. The van der Waals surface area contributed by atoms with Crippen LogP contribution in [0.2, 0.25) is 0 Å². The number of fused-ring (bicyclic) bond motifs is 1. The van der Waals surface area contributed by atoms with Gasteiger partial charge >= 0.3 is 0 Å². The van der Waals surface area contributed by atoms with E-state index in [0.29, 0.717) is 6.02 Å². The van der Waals surface area contributed by atoms with E-state index in [1.165, 1.54) is 0 Å². The molecule has 0 spiro atoms. The third kappa shape index (κ3) is 1.88. The Balaban J connectivity index is 1.67. The normalized spacial score (nSPS) is 40.7. The number of ether oxygens (including phenoxy) is 1. The first-order valence-corrected chi connectivity index (χ1v) is 6.11. The zero-order valence-electron chi connectivity index (χ0n) is 9.43. The lowest BCUT2D eigenvalue weighted by Crippen LogP contribution is -2.44. The summed E-state index contributed by atoms with van der Waals surface area (Å²) in [6, 6.07) is 0.448. The molecule has 0 aromatic heterocycles. The Morgan fingerprint density at radius 2 is 2.12 bits per heavy atom. The number of hydrogen-bond donors (Lipinski definition) is 1. The van der Waals surface area contributed by atoms with Gasteiger partial charge in [-0.05, 0) is 19.3 Å². The zero-order chi connectivity index (χ0) is 12.0. The molecule has 3 rings (SSSR count). The smallest absolute Gasteiger partial charge is 0.288 e. The van der Waals surface area contributed by atoms with Gasteiger partial charge in [-0.1, -0.05) is 0 Å². The summed E-state index contributed by atoms with van der Waals surface area (Å²) in [6.45, 7) is 1.86. The van der Waals surface area contributed by atoms with Gasteiger partial charge in [0.2, 0.25) is 6.43 Å². The molecule has 4 nitrogen and oxygen atoms in total. The van der Waals surface area contributed by atoms with Crippen LogP contribution in [0.1, 0.15) is 19.3 Å². The summed E-state index contributed by atoms with van der Waals surface area (Å²) in [4.78, 5) is 6.41. The minimum atomic E-state index is -2.48. The van der Waals surface area contributed by atoms with Crippen molar-refractivity contribution in [2.45, 2.75) is 43.9 Å². The van der Waals surface area contributed by atoms with Gasteiger partial charge in [-0.15, -0.1) is 0 Å². The summed E-state index contributed by atoms with van der Waals surface area (Å²) in [5.74, 6) is -0.970. The number of alkyl halides is 2. The summed E-state index contributed by atoms with van der Waals surface area (Å²) in [5, 5.41) is 9.66. The molecular formula is C11H16F2N2O2. The van der Waals surface area contributed by atoms with Crippen molar-refractivity contribution in [1.29, 1.82) is 0 Å². The molecule has 2 heterocycles. The van der Waals surface area contributed by atoms with Gasteiger partial charge in [0.1, 0.15) is 6.10 Å². The molecule has 2 aliphatic heterocycles. The summed E-state index contributed by atoms with van der Waals surface area (Å²) < 4.78 is 31.0. The lowest BCUT2D eigenvalue weighted by Gasteiger charge is -2.34. The summed E-state index contributed by atoms with van der Waals surface area (Å²) >= 11 is 0. The van der Waals surface area contributed by atoms with E-state index in [1.807, 2.05) is 4.90 Å². The van der Waals surface area contributed by atoms with Gasteiger partial charge in [0.15, 0.2) is 0 Å². The Labute approximate surface area is 98.3 Å². The Bertz CT molecular complexity index is 333. The van der Waals surface area contributed by atoms with Crippen LogP contribution in [0.5, 0.6) is 0 Å². The molecule has 4 atom stereocenters. The second kappa shape index (κ2) is 4.08. The highest BCUT2D eigenvalue weighted by molar-refractivity contribution is 5.76. The van der Waals surface area contributed by atoms with Gasteiger partial charge in [-0.3, -0.25) is 0 Å². The number of amidine groups is 1. The second-order valence-electron chi connectivity index (χ2n) is 5.01. The third-order valence-corrected chi connectivity index (χ3v) is 3.89. The summed E-state index contributed by atoms with van der Waals surface area (Å²) in [5.41, 5.74) is 0. The average molecular weight is 246 g/mol. The van der Waals surface area contributed by atoms with E-state index < -0.39 is 18.4 Å². The fourth-order valence-electron chi connectivity index (χ4n) is 2.66. The molecule has 1 N–H and O–H groups in total. The molecule has 96 valence electrons. The van der Waals surface area contributed by atoms with Crippen LogP contribution in [0.25, 0.3) is 0 Å². The van der Waals surface area contributed by atoms with Gasteiger partial charge in [0.25, 0.3) is 6.02 Å². The molecule has 1 aliphatic carbocycles. The number of rotatable bonds is 1. The number of hydrogen-bond acceptors (Lipinski definition) is 4. The van der Waals surface area contributed by atoms with Crippen molar-refractivity contribution < 1.29 is 18.6 Å². The zero-order valence-corrected chi connectivity index (χ0v) is 9.43. The molecule has 1 saturated carbocycles. The van der Waals surface area contributed by atoms with E-state index in [4.69, 9.17) is 4.74 Å². The molecule has 6 heteroatoms. The largest absolute Gasteiger partial charge is 0.460 e. The molecule has 1 saturated heterocycles. The highest BCUT2D eigenvalue weighted by Gasteiger charge is 2.45. The van der Waals surface area contributed by atoms with Crippen molar-refractivity contribution in [3.63, 3.8) is 0 Å². The monoisotopic (exact) mass is 246 g/mol. The minimum absolute atomic E-state index is 0.143. The predicted molar refractivity (Wildman–Crippen MR) is 57.0 cm³/mol. The first-order valence-electron chi connectivity index (χ1n) is 6.11. The van der Waals surface area contributed by atoms with Crippen molar-refractivity contribution in [3.8, 4) is 0 Å². The van der Waals surface area contributed by atoms with Crippen LogP contribution in [0.3, 0.4) is 0 Å². The number of halogens is 2. The number of aliphatic hydroxyl groups excluding tert-OH is 1. The van der Waals surface area contributed by atoms with Crippen LogP contribution >= 0.6 is 0 Å². The van der Waals surface area contributed by atoms with Crippen molar-refractivity contribution in [2.24, 2.45) is 10.9 Å². The van der Waals surface area contributed by atoms with E-state index in [-0.39, 0.29) is 25.0 Å². The maximum atomic E-state index is 12.7. The molecule has 0 bridgehead atoms. The van der Waals surface area contributed by atoms with Gasteiger partial charge in [-0.2, -0.15) is 0 Å². The molecule has 2 fully saturated rings. The number of nitrogens with zero attached hydrogens (tertiary/aromatic N) is 2. The SMILES string of the molecule is O[C@H]1C[C@H]2N=C(N3CCC3)O[C@H]2CC1C(F)F. The van der Waals surface area contributed by atoms with Crippen LogP contribution < -0.4 is 0 Å². The van der Waals surface area contributed by atoms with Crippen LogP contribution in [0.4, 0.5) is 8.78 Å². The van der Waals surface area contributed by atoms with Gasteiger partial charge in [0.05, 0.1) is 12.1 Å². The Kier molecular flexibility index (Phi) is 2.69. The molecule has 0 amide bonds. The first-order chi connectivity index (χ1) is 8.15. The minimum Gasteiger partial charge on any atom is -0.460 e. The van der Waals surface area contributed by atoms with E-state index >= 15 is 0 Å². The first kappa shape index (κ1) is 11.2. The Morgan fingerprint density at radius 3 is 2.71 bits per heavy atom. The standard InChI is InChI=1S/C11H16F2N2O2/c12-10(13)6-4-9-7(5-8(6)16)14-11(17-9)15-2-1-3-15/h6-10,16H,1-5H2/t6?,7-,8+,9+/m1/s1. The molecule has 17 heavy (non-hydrogen) atoms. The van der Waals surface area contributed by atoms with Gasteiger partial charge < -0.3 is 14.7 Å². The van der Waals surface area contributed by atoms with E-state index in [9.17, 15) is 13.9 Å². The second-order valence-corrected chi connectivity index (χ2v) is 5.01. The number of aliphatic hydroxyl groups is 1. The quantitative estimate of drug-likeness (QED) is 0.746. The highest BCUT2D eigenvalue weighted by atomic mass is 19.3. The fourth-order valence-corrected chi connectivity index (χ4v) is 2.66. The Hall–Kier alpha value is -0.910. The topological polar surface area (TPSA) is 45.1 Å². The van der Waals surface area contributed by atoms with Crippen LogP contribution in [-0.2, 0) is 4.74 Å². The maximum Gasteiger partial charge on any atom is 0.288 e. The van der Waals surface area contributed by atoms with Crippen molar-refractivity contribution >= 4 is 6.02 Å². The van der Waals surface area contributed by atoms with Crippen molar-refractivity contribution in [3.05, 3.63) is 0 Å². The lowest BCUT2D eigenvalue weighted by molar-refractivity contribution is -0.0622. The maximum absolute atomic E-state index is 12.7. The molecule has 1 unspecified atom stereocenters. The molecular weight excluding hydrogens is 230 g/mol. The van der Waals surface area contributed by atoms with Crippen LogP contribution in [0.15, 0.2) is 4.99 Å². The van der Waals surface area contributed by atoms with E-state index in [2.05, 4.69) is 4.99 Å². The Morgan fingerprint density at radius 1 is 1.35 bits per heavy atom. The van der Waals surface area contributed by atoms with Crippen molar-refractivity contribution in [1.82, 2.24) is 4.90 Å². The van der Waals surface area contributed by atoms with E-state index in [0.717, 1.165) is 19.5 Å².